The Morgan fingerprint density at radius 3 is 2.08 bits per heavy atom. The highest BCUT2D eigenvalue weighted by Gasteiger charge is 2.43. The van der Waals surface area contributed by atoms with E-state index in [0.717, 1.165) is 5.56 Å². The largest absolute Gasteiger partial charge is 0.445 e. The lowest BCUT2D eigenvalue weighted by molar-refractivity contribution is -0.0906. The molecule has 0 aromatic heterocycles. The van der Waals surface area contributed by atoms with Gasteiger partial charge in [-0.1, -0.05) is 30.3 Å². The van der Waals surface area contributed by atoms with E-state index < -0.39 is 17.3 Å². The number of aliphatic hydroxyl groups excluding tert-OH is 2. The molecule has 0 bridgehead atoms. The molecule has 2 fully saturated rings. The Labute approximate surface area is 152 Å². The molecule has 1 amide bonds. The van der Waals surface area contributed by atoms with Crippen LogP contribution in [-0.4, -0.2) is 63.0 Å². The van der Waals surface area contributed by atoms with E-state index in [1.54, 1.807) is 0 Å². The van der Waals surface area contributed by atoms with Gasteiger partial charge in [-0.05, 0) is 31.2 Å². The molecule has 8 heteroatoms. The molecule has 0 aliphatic heterocycles. The SMILES string of the molecule is NC1CC(O)(CO)C1.O=C(NC1CC(O)(CO)C1)OCc1ccccc1. The van der Waals surface area contributed by atoms with Gasteiger partial charge in [-0.3, -0.25) is 0 Å². The van der Waals surface area contributed by atoms with Crippen molar-refractivity contribution < 1.29 is 30.0 Å². The summed E-state index contributed by atoms with van der Waals surface area (Å²) in [5, 5.41) is 38.6. The highest BCUT2D eigenvalue weighted by molar-refractivity contribution is 5.67. The Kier molecular flexibility index (Phi) is 6.96. The number of nitrogens with one attached hydrogen (secondary N) is 1. The van der Waals surface area contributed by atoms with E-state index in [0.29, 0.717) is 25.7 Å². The molecule has 0 saturated heterocycles. The summed E-state index contributed by atoms with van der Waals surface area (Å²) in [5.41, 5.74) is 4.42. The first kappa shape index (κ1) is 20.6. The van der Waals surface area contributed by atoms with Crippen LogP contribution in [0.25, 0.3) is 0 Å². The molecular formula is C18H28N2O6. The Balaban J connectivity index is 0.000000254. The van der Waals surface area contributed by atoms with Crippen LogP contribution >= 0.6 is 0 Å². The topological polar surface area (TPSA) is 145 Å². The van der Waals surface area contributed by atoms with Crippen molar-refractivity contribution in [3.05, 3.63) is 35.9 Å². The molecule has 146 valence electrons. The Hall–Kier alpha value is -1.71. The van der Waals surface area contributed by atoms with Crippen molar-refractivity contribution in [1.82, 2.24) is 5.32 Å². The lowest BCUT2D eigenvalue weighted by atomic mass is 9.76. The van der Waals surface area contributed by atoms with Gasteiger partial charge < -0.3 is 36.2 Å². The van der Waals surface area contributed by atoms with Crippen molar-refractivity contribution in [2.24, 2.45) is 5.73 Å². The third-order valence-corrected chi connectivity index (χ3v) is 4.66. The fourth-order valence-electron chi connectivity index (χ4n) is 3.07. The van der Waals surface area contributed by atoms with Gasteiger partial charge in [0.05, 0.1) is 24.4 Å². The maximum absolute atomic E-state index is 11.4. The van der Waals surface area contributed by atoms with Crippen molar-refractivity contribution in [2.75, 3.05) is 13.2 Å². The van der Waals surface area contributed by atoms with Gasteiger partial charge in [-0.15, -0.1) is 0 Å². The van der Waals surface area contributed by atoms with Crippen LogP contribution in [0.2, 0.25) is 0 Å². The summed E-state index contributed by atoms with van der Waals surface area (Å²) in [6.07, 6.45) is 1.32. The highest BCUT2D eigenvalue weighted by Crippen LogP contribution is 2.31. The third kappa shape index (κ3) is 5.93. The Morgan fingerprint density at radius 2 is 1.62 bits per heavy atom. The number of benzene rings is 1. The van der Waals surface area contributed by atoms with Crippen LogP contribution in [0.5, 0.6) is 0 Å². The van der Waals surface area contributed by atoms with Gasteiger partial charge in [0.15, 0.2) is 0 Å². The van der Waals surface area contributed by atoms with Gasteiger partial charge in [-0.25, -0.2) is 4.79 Å². The first-order valence-electron chi connectivity index (χ1n) is 8.67. The average Bonchev–Trinajstić information content (AvgIpc) is 2.58. The molecule has 0 spiro atoms. The summed E-state index contributed by atoms with van der Waals surface area (Å²) in [6.45, 7) is -0.200. The third-order valence-electron chi connectivity index (χ3n) is 4.66. The Morgan fingerprint density at radius 1 is 1.08 bits per heavy atom. The molecule has 0 heterocycles. The lowest BCUT2D eigenvalue weighted by Gasteiger charge is -2.42. The first-order chi connectivity index (χ1) is 12.3. The van der Waals surface area contributed by atoms with Crippen LogP contribution in [0.15, 0.2) is 30.3 Å². The van der Waals surface area contributed by atoms with Crippen molar-refractivity contribution in [1.29, 1.82) is 0 Å². The molecule has 2 aliphatic rings. The number of hydrogen-bond donors (Lipinski definition) is 6. The van der Waals surface area contributed by atoms with E-state index in [2.05, 4.69) is 5.32 Å². The minimum Gasteiger partial charge on any atom is -0.445 e. The smallest absolute Gasteiger partial charge is 0.407 e. The number of amides is 1. The van der Waals surface area contributed by atoms with E-state index in [9.17, 15) is 9.90 Å². The first-order valence-corrected chi connectivity index (χ1v) is 8.67. The van der Waals surface area contributed by atoms with Gasteiger partial charge in [0, 0.05) is 12.1 Å². The monoisotopic (exact) mass is 368 g/mol. The molecule has 7 N–H and O–H groups in total. The molecule has 8 nitrogen and oxygen atoms in total. The van der Waals surface area contributed by atoms with Crippen LogP contribution < -0.4 is 11.1 Å². The number of carbonyl (C=O) groups excluding carboxylic acids is 1. The number of alkyl carbamates (subject to hydrolysis) is 1. The van der Waals surface area contributed by atoms with Crippen LogP contribution in [0.4, 0.5) is 4.79 Å². The van der Waals surface area contributed by atoms with Crippen LogP contribution in [-0.2, 0) is 11.3 Å². The normalized spacial score (nSPS) is 32.3. The predicted octanol–water partition coefficient (Wildman–Crippen LogP) is -0.370. The number of ether oxygens (including phenoxy) is 1. The maximum Gasteiger partial charge on any atom is 0.407 e. The van der Waals surface area contributed by atoms with E-state index in [-0.39, 0.29) is 31.9 Å². The van der Waals surface area contributed by atoms with Crippen molar-refractivity contribution in [2.45, 2.75) is 55.6 Å². The minimum atomic E-state index is -1.03. The molecular weight excluding hydrogens is 340 g/mol. The van der Waals surface area contributed by atoms with E-state index in [4.69, 9.17) is 25.8 Å². The average molecular weight is 368 g/mol. The maximum atomic E-state index is 11.4. The van der Waals surface area contributed by atoms with Crippen molar-refractivity contribution in [3.63, 3.8) is 0 Å². The van der Waals surface area contributed by atoms with Crippen molar-refractivity contribution >= 4 is 6.09 Å². The summed E-state index contributed by atoms with van der Waals surface area (Å²) in [5.74, 6) is 0. The molecule has 0 atom stereocenters. The molecule has 26 heavy (non-hydrogen) atoms. The number of hydrogen-bond acceptors (Lipinski definition) is 7. The van der Waals surface area contributed by atoms with Crippen LogP contribution in [0, 0.1) is 0 Å². The second kappa shape index (κ2) is 8.79. The minimum absolute atomic E-state index is 0.104. The van der Waals surface area contributed by atoms with Crippen LogP contribution in [0.3, 0.4) is 0 Å². The fraction of sp³-hybridized carbons (Fsp3) is 0.611. The van der Waals surface area contributed by atoms with E-state index >= 15 is 0 Å². The van der Waals surface area contributed by atoms with E-state index in [1.807, 2.05) is 30.3 Å². The predicted molar refractivity (Wildman–Crippen MR) is 94.1 cm³/mol. The molecule has 2 saturated carbocycles. The van der Waals surface area contributed by atoms with Gasteiger partial charge >= 0.3 is 6.09 Å². The van der Waals surface area contributed by atoms with Gasteiger partial charge in [0.25, 0.3) is 0 Å². The second-order valence-corrected chi connectivity index (χ2v) is 7.24. The zero-order valence-electron chi connectivity index (χ0n) is 14.7. The quantitative estimate of drug-likeness (QED) is 0.416. The summed E-state index contributed by atoms with van der Waals surface area (Å²) >= 11 is 0. The molecule has 0 unspecified atom stereocenters. The molecule has 1 aromatic carbocycles. The number of carbonyl (C=O) groups is 1. The molecule has 0 radical (unpaired) electrons. The second-order valence-electron chi connectivity index (χ2n) is 7.24. The van der Waals surface area contributed by atoms with E-state index in [1.165, 1.54) is 0 Å². The highest BCUT2D eigenvalue weighted by atomic mass is 16.5. The summed E-state index contributed by atoms with van der Waals surface area (Å²) < 4.78 is 5.04. The van der Waals surface area contributed by atoms with Crippen molar-refractivity contribution in [3.8, 4) is 0 Å². The Bertz CT molecular complexity index is 570. The molecule has 3 rings (SSSR count). The number of nitrogens with two attached hydrogens (primary N) is 1. The standard InChI is InChI=1S/C13H17NO4.C5H11NO2/c15-9-13(17)6-11(7-13)14-12(16)18-8-10-4-2-1-3-5-10;6-4-1-5(8,2-4)3-7/h1-5,11,15,17H,6-9H2,(H,14,16);4,7-8H,1-3,6H2. The van der Waals surface area contributed by atoms with Gasteiger partial charge in [-0.2, -0.15) is 0 Å². The number of aliphatic hydroxyl groups is 4. The fourth-order valence-corrected chi connectivity index (χ4v) is 3.07. The number of rotatable bonds is 5. The summed E-state index contributed by atoms with van der Waals surface area (Å²) in [6, 6.07) is 9.39. The van der Waals surface area contributed by atoms with Gasteiger partial charge in [0.1, 0.15) is 6.61 Å². The summed E-state index contributed by atoms with van der Waals surface area (Å²) in [7, 11) is 0. The van der Waals surface area contributed by atoms with Gasteiger partial charge in [0.2, 0.25) is 0 Å². The molecule has 2 aliphatic carbocycles. The zero-order chi connectivity index (χ0) is 19.2. The lowest BCUT2D eigenvalue weighted by Crippen LogP contribution is -2.57. The van der Waals surface area contributed by atoms with Crippen LogP contribution in [0.1, 0.15) is 31.2 Å². The molecule has 1 aromatic rings. The zero-order valence-corrected chi connectivity index (χ0v) is 14.7. The summed E-state index contributed by atoms with van der Waals surface area (Å²) in [4.78, 5) is 11.4.